The molecule has 8 heteroatoms. The van der Waals surface area contributed by atoms with Crippen LogP contribution >= 0.6 is 0 Å². The molecule has 150 valence electrons. The number of nitro groups is 1. The van der Waals surface area contributed by atoms with Crippen molar-refractivity contribution in [2.75, 3.05) is 13.2 Å². The summed E-state index contributed by atoms with van der Waals surface area (Å²) in [4.78, 5) is 35.0. The first kappa shape index (κ1) is 20.1. The predicted octanol–water partition coefficient (Wildman–Crippen LogP) is 3.99. The van der Waals surface area contributed by atoms with Crippen LogP contribution < -0.4 is 4.74 Å². The zero-order chi connectivity index (χ0) is 21.1. The fourth-order valence-electron chi connectivity index (χ4n) is 3.38. The van der Waals surface area contributed by atoms with Gasteiger partial charge in [0.25, 0.3) is 0 Å². The second kappa shape index (κ2) is 8.14. The second-order valence-corrected chi connectivity index (χ2v) is 6.38. The molecule has 1 heterocycles. The Morgan fingerprint density at radius 3 is 2.45 bits per heavy atom. The van der Waals surface area contributed by atoms with Crippen molar-refractivity contribution in [3.63, 3.8) is 0 Å². The quantitative estimate of drug-likeness (QED) is 0.259. The van der Waals surface area contributed by atoms with E-state index < -0.39 is 17.5 Å². The molecular formula is C21H20N2O6. The minimum absolute atomic E-state index is 0.0942. The number of hydrogen-bond donors (Lipinski definition) is 0. The second-order valence-electron chi connectivity index (χ2n) is 6.38. The molecule has 0 saturated heterocycles. The maximum atomic E-state index is 12.3. The van der Waals surface area contributed by atoms with Crippen LogP contribution in [0.2, 0.25) is 0 Å². The largest absolute Gasteiger partial charge is 0.475 e. The highest BCUT2D eigenvalue weighted by molar-refractivity contribution is 6.09. The molecule has 29 heavy (non-hydrogen) atoms. The van der Waals surface area contributed by atoms with E-state index in [4.69, 9.17) is 9.47 Å². The van der Waals surface area contributed by atoms with E-state index in [2.05, 4.69) is 0 Å². The minimum Gasteiger partial charge on any atom is -0.475 e. The molecule has 0 aliphatic rings. The van der Waals surface area contributed by atoms with Gasteiger partial charge in [-0.05, 0) is 39.0 Å². The van der Waals surface area contributed by atoms with E-state index >= 15 is 0 Å². The van der Waals surface area contributed by atoms with Gasteiger partial charge in [0.1, 0.15) is 0 Å². The number of benzene rings is 2. The molecule has 0 atom stereocenters. The van der Waals surface area contributed by atoms with E-state index in [0.29, 0.717) is 22.2 Å². The Hall–Kier alpha value is -3.68. The van der Waals surface area contributed by atoms with Gasteiger partial charge in [-0.1, -0.05) is 18.2 Å². The summed E-state index contributed by atoms with van der Waals surface area (Å²) in [6.45, 7) is 4.60. The van der Waals surface area contributed by atoms with Gasteiger partial charge in [-0.2, -0.15) is 0 Å². The lowest BCUT2D eigenvalue weighted by molar-refractivity contribution is -0.385. The number of carbonyl (C=O) groups is 2. The molecule has 0 radical (unpaired) electrons. The van der Waals surface area contributed by atoms with Crippen molar-refractivity contribution >= 4 is 28.3 Å². The number of ketones is 1. The number of hydrogen-bond acceptors (Lipinski definition) is 6. The summed E-state index contributed by atoms with van der Waals surface area (Å²) in [6.07, 6.45) is 0. The molecule has 0 aliphatic carbocycles. The maximum Gasteiger partial charge on any atom is 0.344 e. The van der Waals surface area contributed by atoms with E-state index in [1.807, 2.05) is 30.3 Å². The summed E-state index contributed by atoms with van der Waals surface area (Å²) in [5, 5.41) is 12.2. The molecule has 0 unspecified atom stereocenters. The Morgan fingerprint density at radius 1 is 1.17 bits per heavy atom. The number of Topliss-reactive ketones (excluding diaryl/α,β-unsaturated/α-hetero) is 1. The minimum atomic E-state index is -0.633. The third-order valence-corrected chi connectivity index (χ3v) is 4.50. The Balaban J connectivity index is 2.24. The zero-order valence-electron chi connectivity index (χ0n) is 16.3. The summed E-state index contributed by atoms with van der Waals surface area (Å²) in [7, 11) is 0. The van der Waals surface area contributed by atoms with Gasteiger partial charge < -0.3 is 14.0 Å². The van der Waals surface area contributed by atoms with Crippen LogP contribution in [0.25, 0.3) is 16.6 Å². The molecule has 1 aromatic heterocycles. The molecule has 0 spiro atoms. The summed E-state index contributed by atoms with van der Waals surface area (Å²) >= 11 is 0. The van der Waals surface area contributed by atoms with Gasteiger partial charge in [0.05, 0.1) is 17.0 Å². The number of carbonyl (C=O) groups excluding carboxylic acids is 2. The Morgan fingerprint density at radius 2 is 1.86 bits per heavy atom. The molecule has 3 rings (SSSR count). The first-order valence-electron chi connectivity index (χ1n) is 9.03. The lowest BCUT2D eigenvalue weighted by Gasteiger charge is -2.10. The van der Waals surface area contributed by atoms with Gasteiger partial charge >= 0.3 is 11.7 Å². The fraction of sp³-hybridized carbons (Fsp3) is 0.238. The van der Waals surface area contributed by atoms with Crippen LogP contribution in [0, 0.1) is 17.0 Å². The molecule has 0 aliphatic heterocycles. The van der Waals surface area contributed by atoms with Crippen LogP contribution in [0.5, 0.6) is 5.75 Å². The Kier molecular flexibility index (Phi) is 5.63. The summed E-state index contributed by atoms with van der Waals surface area (Å²) in [5.41, 5.74) is 2.09. The highest BCUT2D eigenvalue weighted by Gasteiger charge is 2.25. The third-order valence-electron chi connectivity index (χ3n) is 4.50. The molecule has 0 amide bonds. The smallest absolute Gasteiger partial charge is 0.344 e. The number of nitro benzene ring substituents is 1. The molecule has 0 bridgehead atoms. The number of fused-ring (bicyclic) bond motifs is 1. The predicted molar refractivity (Wildman–Crippen MR) is 107 cm³/mol. The molecule has 0 saturated carbocycles. The van der Waals surface area contributed by atoms with Crippen LogP contribution in [0.3, 0.4) is 0 Å². The molecule has 3 aromatic rings. The molecule has 0 fully saturated rings. The summed E-state index contributed by atoms with van der Waals surface area (Å²) in [5.74, 6) is -0.901. The number of ether oxygens (including phenoxy) is 2. The van der Waals surface area contributed by atoms with Gasteiger partial charge in [0.2, 0.25) is 0 Å². The number of esters is 1. The first-order valence-corrected chi connectivity index (χ1v) is 9.03. The van der Waals surface area contributed by atoms with Gasteiger partial charge in [-0.15, -0.1) is 0 Å². The van der Waals surface area contributed by atoms with Crippen LogP contribution in [0.15, 0.2) is 42.5 Å². The highest BCUT2D eigenvalue weighted by atomic mass is 16.6. The molecule has 8 nitrogen and oxygen atoms in total. The number of aromatic nitrogens is 1. The zero-order valence-corrected chi connectivity index (χ0v) is 16.3. The molecular weight excluding hydrogens is 376 g/mol. The Labute approximate surface area is 166 Å². The average Bonchev–Trinajstić information content (AvgIpc) is 2.97. The van der Waals surface area contributed by atoms with Crippen LogP contribution in [0.1, 0.15) is 29.9 Å². The number of para-hydroxylation sites is 1. The lowest BCUT2D eigenvalue weighted by atomic mass is 10.1. The van der Waals surface area contributed by atoms with Gasteiger partial charge in [-0.3, -0.25) is 14.9 Å². The van der Waals surface area contributed by atoms with Crippen molar-refractivity contribution in [1.82, 2.24) is 4.57 Å². The van der Waals surface area contributed by atoms with Crippen molar-refractivity contribution in [2.24, 2.45) is 0 Å². The summed E-state index contributed by atoms with van der Waals surface area (Å²) in [6, 6.07) is 12.1. The van der Waals surface area contributed by atoms with Gasteiger partial charge in [-0.25, -0.2) is 4.79 Å². The van der Waals surface area contributed by atoms with Crippen molar-refractivity contribution in [3.8, 4) is 11.4 Å². The van der Waals surface area contributed by atoms with Crippen LogP contribution in [0.4, 0.5) is 5.69 Å². The normalized spacial score (nSPS) is 10.7. The SMILES string of the molecule is CCOC(=O)COc1cc2c(C(C)=O)c(C)n(-c3ccccc3)c2cc1[N+](=O)[O-]. The summed E-state index contributed by atoms with van der Waals surface area (Å²) < 4.78 is 12.0. The topological polar surface area (TPSA) is 101 Å². The van der Waals surface area contributed by atoms with E-state index in [0.717, 1.165) is 5.69 Å². The Bertz CT molecular complexity index is 1100. The fourth-order valence-corrected chi connectivity index (χ4v) is 3.38. The van der Waals surface area contributed by atoms with Crippen molar-refractivity contribution in [2.45, 2.75) is 20.8 Å². The average molecular weight is 396 g/mol. The monoisotopic (exact) mass is 396 g/mol. The highest BCUT2D eigenvalue weighted by Crippen LogP contribution is 2.38. The first-order chi connectivity index (χ1) is 13.8. The van der Waals surface area contributed by atoms with E-state index in [1.165, 1.54) is 19.1 Å². The third kappa shape index (κ3) is 3.82. The standard InChI is InChI=1S/C21H20N2O6/c1-4-28-20(25)12-29-19-10-16-17(11-18(19)23(26)27)22(13(2)21(16)14(3)24)15-8-6-5-7-9-15/h5-11H,4,12H2,1-3H3. The van der Waals surface area contributed by atoms with Crippen LogP contribution in [-0.2, 0) is 9.53 Å². The lowest BCUT2D eigenvalue weighted by Crippen LogP contribution is -2.15. The van der Waals surface area contributed by atoms with Crippen molar-refractivity contribution in [3.05, 3.63) is 63.8 Å². The van der Waals surface area contributed by atoms with Crippen molar-refractivity contribution in [1.29, 1.82) is 0 Å². The van der Waals surface area contributed by atoms with Crippen molar-refractivity contribution < 1.29 is 24.0 Å². The van der Waals surface area contributed by atoms with E-state index in [9.17, 15) is 19.7 Å². The van der Waals surface area contributed by atoms with Gasteiger partial charge in [0, 0.05) is 28.4 Å². The molecule has 0 N–H and O–H groups in total. The van der Waals surface area contributed by atoms with Gasteiger partial charge in [0.15, 0.2) is 18.1 Å². The maximum absolute atomic E-state index is 12.3. The van der Waals surface area contributed by atoms with Crippen LogP contribution in [-0.4, -0.2) is 34.5 Å². The number of rotatable bonds is 7. The van der Waals surface area contributed by atoms with E-state index in [-0.39, 0.29) is 23.8 Å². The number of nitrogens with zero attached hydrogens (tertiary/aromatic N) is 2. The van der Waals surface area contributed by atoms with E-state index in [1.54, 1.807) is 18.4 Å². The molecule has 2 aromatic carbocycles.